The summed E-state index contributed by atoms with van der Waals surface area (Å²) >= 11 is 0. The standard InChI is InChI=1S/3CNO.Ir/c3*2-1-3;/q3*-1;+3. The van der Waals surface area contributed by atoms with Crippen LogP contribution in [-0.2, 0) is 34.5 Å². The first kappa shape index (κ1) is 23.2. The number of carbonyl (C=O) groups excluding carboxylic acids is 3. The first-order chi connectivity index (χ1) is 4.24. The van der Waals surface area contributed by atoms with E-state index in [2.05, 4.69) is 0 Å². The molecular formula is C3IrN3O3. The molecule has 0 bridgehead atoms. The molecule has 0 N–H and O–H groups in total. The number of hydrogen-bond donors (Lipinski definition) is 0. The molecule has 0 amide bonds. The Hall–Kier alpha value is -1.21. The summed E-state index contributed by atoms with van der Waals surface area (Å²) in [5.74, 6) is 0. The van der Waals surface area contributed by atoms with Gasteiger partial charge in [-0.05, 0) is 18.2 Å². The molecule has 0 aliphatic heterocycles. The van der Waals surface area contributed by atoms with Gasteiger partial charge in [-0.15, -0.1) is 0 Å². The second-order valence-electron chi connectivity index (χ2n) is 0.274. The van der Waals surface area contributed by atoms with Crippen molar-refractivity contribution in [2.75, 3.05) is 0 Å². The fraction of sp³-hybridized carbons (Fsp3) is 0. The molecule has 54 valence electrons. The van der Waals surface area contributed by atoms with Crippen molar-refractivity contribution < 1.29 is 34.5 Å². The van der Waals surface area contributed by atoms with E-state index in [4.69, 9.17) is 30.6 Å². The number of rotatable bonds is 0. The number of isocyanates is 3. The second kappa shape index (κ2) is 112. The smallest absolute Gasteiger partial charge is 0.724 e. The van der Waals surface area contributed by atoms with Gasteiger partial charge >= 0.3 is 20.1 Å². The Labute approximate surface area is 69.5 Å². The monoisotopic (exact) mass is 319 g/mol. The SMILES string of the molecule is [Ir+3].[N-]=C=O.[N-]=C=O.[N-]=C=O. The van der Waals surface area contributed by atoms with Gasteiger partial charge in [0.1, 0.15) is 0 Å². The Morgan fingerprint density at radius 1 is 0.700 bits per heavy atom. The first-order valence-corrected chi connectivity index (χ1v) is 1.28. The Morgan fingerprint density at radius 2 is 0.700 bits per heavy atom. The van der Waals surface area contributed by atoms with Crippen LogP contribution in [0.3, 0.4) is 0 Å². The zero-order valence-corrected chi connectivity index (χ0v) is 6.79. The van der Waals surface area contributed by atoms with Crippen LogP contribution >= 0.6 is 0 Å². The molecule has 0 aromatic heterocycles. The van der Waals surface area contributed by atoms with Gasteiger partial charge in [-0.2, -0.15) is 0 Å². The van der Waals surface area contributed by atoms with Crippen molar-refractivity contribution in [3.05, 3.63) is 16.2 Å². The van der Waals surface area contributed by atoms with Gasteiger partial charge in [0, 0.05) is 0 Å². The van der Waals surface area contributed by atoms with Crippen LogP contribution in [0.5, 0.6) is 0 Å². The average molecular weight is 318 g/mol. The van der Waals surface area contributed by atoms with Gasteiger partial charge in [-0.25, -0.2) is 0 Å². The van der Waals surface area contributed by atoms with Crippen LogP contribution in [0.4, 0.5) is 0 Å². The van der Waals surface area contributed by atoms with Crippen molar-refractivity contribution in [3.63, 3.8) is 0 Å². The molecule has 0 radical (unpaired) electrons. The summed E-state index contributed by atoms with van der Waals surface area (Å²) in [4.78, 5) is 24.7. The Bertz CT molecular complexity index is 111. The third kappa shape index (κ3) is 155. The molecule has 7 heteroatoms. The zero-order chi connectivity index (χ0) is 8.12. The molecule has 0 rings (SSSR count). The molecule has 0 saturated carbocycles. The van der Waals surface area contributed by atoms with E-state index in [9.17, 15) is 0 Å². The molecule has 0 aliphatic rings. The van der Waals surface area contributed by atoms with Gasteiger partial charge in [0.25, 0.3) is 0 Å². The Balaban J connectivity index is -0.0000000257. The third-order valence-corrected chi connectivity index (χ3v) is 0. The molecule has 0 spiro atoms. The van der Waals surface area contributed by atoms with Crippen LogP contribution in [0.25, 0.3) is 16.2 Å². The summed E-state index contributed by atoms with van der Waals surface area (Å²) in [6.45, 7) is 0. The van der Waals surface area contributed by atoms with Gasteiger partial charge in [0.05, 0.1) is 0 Å². The normalized spacial score (nSPS) is 2.40. The minimum absolute atomic E-state index is 0. The summed E-state index contributed by atoms with van der Waals surface area (Å²) in [5.41, 5.74) is 0. The maximum absolute atomic E-state index is 8.24. The van der Waals surface area contributed by atoms with E-state index in [-0.39, 0.29) is 20.1 Å². The van der Waals surface area contributed by atoms with Crippen LogP contribution in [0, 0.1) is 0 Å². The summed E-state index contributed by atoms with van der Waals surface area (Å²) in [7, 11) is 0. The number of nitrogens with zero attached hydrogens (tertiary/aromatic N) is 3. The molecule has 0 saturated heterocycles. The van der Waals surface area contributed by atoms with Crippen molar-refractivity contribution >= 4 is 18.2 Å². The molecular weight excluding hydrogens is 318 g/mol. The quantitative estimate of drug-likeness (QED) is 0.449. The molecule has 0 heterocycles. The molecule has 0 fully saturated rings. The minimum Gasteiger partial charge on any atom is -0.724 e. The molecule has 10 heavy (non-hydrogen) atoms. The molecule has 0 aromatic carbocycles. The van der Waals surface area contributed by atoms with Crippen LogP contribution in [0.2, 0.25) is 0 Å². The molecule has 0 atom stereocenters. The molecule has 0 unspecified atom stereocenters. The van der Waals surface area contributed by atoms with Crippen LogP contribution in [0.1, 0.15) is 0 Å². The van der Waals surface area contributed by atoms with Crippen molar-refractivity contribution in [1.82, 2.24) is 0 Å². The summed E-state index contributed by atoms with van der Waals surface area (Å²) in [6, 6.07) is 0. The predicted molar refractivity (Wildman–Crippen MR) is 27.2 cm³/mol. The number of hydrogen-bond acceptors (Lipinski definition) is 3. The van der Waals surface area contributed by atoms with E-state index in [0.29, 0.717) is 18.2 Å². The van der Waals surface area contributed by atoms with E-state index in [1.165, 1.54) is 0 Å². The predicted octanol–water partition coefficient (Wildman–Crippen LogP) is -0.328. The maximum Gasteiger partial charge on any atom is 3.00 e. The van der Waals surface area contributed by atoms with Crippen molar-refractivity contribution in [3.8, 4) is 0 Å². The molecule has 0 aliphatic carbocycles. The third-order valence-electron chi connectivity index (χ3n) is 0. The van der Waals surface area contributed by atoms with E-state index in [1.54, 1.807) is 0 Å². The Kier molecular flexibility index (Phi) is 261. The first-order valence-electron chi connectivity index (χ1n) is 1.28. The van der Waals surface area contributed by atoms with Gasteiger partial charge < -0.3 is 16.2 Å². The van der Waals surface area contributed by atoms with Crippen molar-refractivity contribution in [2.45, 2.75) is 0 Å². The fourth-order valence-electron chi connectivity index (χ4n) is 0. The minimum atomic E-state index is 0. The summed E-state index contributed by atoms with van der Waals surface area (Å²) in [6.07, 6.45) is 1.50. The Morgan fingerprint density at radius 3 is 0.700 bits per heavy atom. The molecule has 6 nitrogen and oxygen atoms in total. The topological polar surface area (TPSA) is 118 Å². The van der Waals surface area contributed by atoms with Crippen LogP contribution in [-0.4, -0.2) is 18.2 Å². The average Bonchev–Trinajstić information content (AvgIpc) is 1.70. The maximum atomic E-state index is 8.24. The van der Waals surface area contributed by atoms with Gasteiger partial charge in [-0.3, -0.25) is 14.4 Å². The zero-order valence-electron chi connectivity index (χ0n) is 4.40. The van der Waals surface area contributed by atoms with E-state index >= 15 is 0 Å². The fourth-order valence-corrected chi connectivity index (χ4v) is 0. The van der Waals surface area contributed by atoms with Crippen molar-refractivity contribution in [1.29, 1.82) is 0 Å². The second-order valence-corrected chi connectivity index (χ2v) is 0.274. The summed E-state index contributed by atoms with van der Waals surface area (Å²) in [5, 5.41) is 20.3. The van der Waals surface area contributed by atoms with Gasteiger partial charge in [-0.1, -0.05) is 0 Å². The van der Waals surface area contributed by atoms with E-state index < -0.39 is 0 Å². The van der Waals surface area contributed by atoms with Gasteiger partial charge in [0.2, 0.25) is 0 Å². The van der Waals surface area contributed by atoms with E-state index in [0.717, 1.165) is 0 Å². The summed E-state index contributed by atoms with van der Waals surface area (Å²) < 4.78 is 0. The van der Waals surface area contributed by atoms with Gasteiger partial charge in [0.15, 0.2) is 0 Å². The van der Waals surface area contributed by atoms with Crippen LogP contribution < -0.4 is 0 Å². The largest absolute Gasteiger partial charge is 3.00 e. The molecule has 0 aromatic rings. The van der Waals surface area contributed by atoms with Crippen molar-refractivity contribution in [2.24, 2.45) is 0 Å². The van der Waals surface area contributed by atoms with E-state index in [1.807, 2.05) is 0 Å². The van der Waals surface area contributed by atoms with Crippen LogP contribution in [0.15, 0.2) is 0 Å².